The van der Waals surface area contributed by atoms with E-state index in [2.05, 4.69) is 34.6 Å². The number of nitrogens with one attached hydrogen (secondary N) is 2. The van der Waals surface area contributed by atoms with E-state index in [1.165, 1.54) is 6.07 Å². The Kier molecular flexibility index (Phi) is 13.5. The Hall–Kier alpha value is -3.64. The second-order valence-electron chi connectivity index (χ2n) is 11.3. The number of halogens is 1. The molecule has 0 bridgehead atoms. The first-order valence-electron chi connectivity index (χ1n) is 15.7. The molecule has 3 aromatic carbocycles. The summed E-state index contributed by atoms with van der Waals surface area (Å²) in [5.41, 5.74) is 3.64. The third-order valence-electron chi connectivity index (χ3n) is 7.74. The van der Waals surface area contributed by atoms with E-state index in [0.717, 1.165) is 36.2 Å². The van der Waals surface area contributed by atoms with E-state index >= 15 is 0 Å². The van der Waals surface area contributed by atoms with Crippen molar-refractivity contribution >= 4 is 46.1 Å². The minimum absolute atomic E-state index is 0.00240. The zero-order valence-corrected chi connectivity index (χ0v) is 28.8. The third-order valence-corrected chi connectivity index (χ3v) is 9.89. The Morgan fingerprint density at radius 2 is 1.66 bits per heavy atom. The molecule has 1 heterocycles. The number of thiol groups is 1. The van der Waals surface area contributed by atoms with Gasteiger partial charge in [-0.2, -0.15) is 12.6 Å². The van der Waals surface area contributed by atoms with Gasteiger partial charge >= 0.3 is 0 Å². The average Bonchev–Trinajstić information content (AvgIpc) is 3.37. The fraction of sp³-hybridized carbons (Fsp3) is 0.343. The lowest BCUT2D eigenvalue weighted by Gasteiger charge is -2.14. The predicted molar refractivity (Wildman–Crippen MR) is 188 cm³/mol. The highest BCUT2D eigenvalue weighted by Crippen LogP contribution is 2.28. The largest absolute Gasteiger partial charge is 0.390 e. The Balaban J connectivity index is 1.32. The van der Waals surface area contributed by atoms with Gasteiger partial charge in [-0.05, 0) is 48.4 Å². The monoisotopic (exact) mass is 696 g/mol. The van der Waals surface area contributed by atoms with Crippen LogP contribution < -0.4 is 10.0 Å². The number of hydrogen-bond acceptors (Lipinski definition) is 7. The smallest absolute Gasteiger partial charge is 0.264 e. The molecule has 4 aromatic rings. The van der Waals surface area contributed by atoms with E-state index in [0.29, 0.717) is 54.3 Å². The lowest BCUT2D eigenvalue weighted by molar-refractivity contribution is -0.120. The van der Waals surface area contributed by atoms with Crippen LogP contribution >= 0.6 is 24.2 Å². The molecule has 0 saturated carbocycles. The molecule has 1 aromatic heterocycles. The van der Waals surface area contributed by atoms with Gasteiger partial charge in [-0.3, -0.25) is 9.59 Å². The van der Waals surface area contributed by atoms with E-state index in [1.54, 1.807) is 18.2 Å². The maximum absolute atomic E-state index is 13.3. The fourth-order valence-electron chi connectivity index (χ4n) is 5.21. The van der Waals surface area contributed by atoms with Crippen LogP contribution in [0.1, 0.15) is 61.7 Å². The van der Waals surface area contributed by atoms with E-state index in [4.69, 9.17) is 11.6 Å². The van der Waals surface area contributed by atoms with Gasteiger partial charge in [-0.25, -0.2) is 18.1 Å². The number of aliphatic hydroxyl groups is 1. The highest BCUT2D eigenvalue weighted by atomic mass is 35.5. The molecule has 47 heavy (non-hydrogen) atoms. The molecular formula is C35H41ClN4O5S2. The van der Waals surface area contributed by atoms with Crippen molar-refractivity contribution in [1.29, 1.82) is 0 Å². The summed E-state index contributed by atoms with van der Waals surface area (Å²) in [5.74, 6) is 0.00819. The lowest BCUT2D eigenvalue weighted by atomic mass is 10.0. The highest BCUT2D eigenvalue weighted by Gasteiger charge is 2.22. The van der Waals surface area contributed by atoms with E-state index < -0.39 is 21.2 Å². The third kappa shape index (κ3) is 10.2. The zero-order chi connectivity index (χ0) is 33.8. The van der Waals surface area contributed by atoms with Crippen molar-refractivity contribution < 1.29 is 23.1 Å². The zero-order valence-electron chi connectivity index (χ0n) is 26.4. The molecule has 0 aliphatic rings. The Labute approximate surface area is 287 Å². The topological polar surface area (TPSA) is 130 Å². The number of aryl methyl sites for hydroxylation is 1. The molecule has 250 valence electrons. The van der Waals surface area contributed by atoms with Crippen LogP contribution in [-0.2, 0) is 45.6 Å². The SMILES string of the molecule is CCCCc1nc(Cl)c(CO)n1Cc1ccc(-c2ccccc2S(=O)(=O)NC(=O)CCCCNC(=O)C(S)Cc2ccccc2)cc1. The average molecular weight is 697 g/mol. The van der Waals surface area contributed by atoms with Crippen LogP contribution in [0.2, 0.25) is 5.15 Å². The number of carbonyl (C=O) groups excluding carboxylic acids is 2. The van der Waals surface area contributed by atoms with Crippen LogP contribution in [0.5, 0.6) is 0 Å². The number of nitrogens with zero attached hydrogens (tertiary/aromatic N) is 2. The van der Waals surface area contributed by atoms with Crippen molar-refractivity contribution in [2.24, 2.45) is 0 Å². The molecule has 3 N–H and O–H groups in total. The number of aliphatic hydroxyl groups excluding tert-OH is 1. The maximum atomic E-state index is 13.3. The minimum Gasteiger partial charge on any atom is -0.390 e. The van der Waals surface area contributed by atoms with Crippen LogP contribution in [0.3, 0.4) is 0 Å². The first-order chi connectivity index (χ1) is 22.6. The summed E-state index contributed by atoms with van der Waals surface area (Å²) in [5, 5.41) is 12.5. The number of sulfonamides is 1. The maximum Gasteiger partial charge on any atom is 0.264 e. The van der Waals surface area contributed by atoms with Crippen LogP contribution in [0.25, 0.3) is 11.1 Å². The summed E-state index contributed by atoms with van der Waals surface area (Å²) in [6, 6.07) is 23.6. The molecule has 0 aliphatic carbocycles. The van der Waals surface area contributed by atoms with Crippen LogP contribution in [0, 0.1) is 0 Å². The van der Waals surface area contributed by atoms with E-state index in [9.17, 15) is 23.1 Å². The first kappa shape index (κ1) is 36.2. The van der Waals surface area contributed by atoms with Gasteiger partial charge < -0.3 is 15.0 Å². The van der Waals surface area contributed by atoms with E-state index in [1.807, 2.05) is 59.2 Å². The highest BCUT2D eigenvalue weighted by molar-refractivity contribution is 7.90. The van der Waals surface area contributed by atoms with E-state index in [-0.39, 0.29) is 23.8 Å². The van der Waals surface area contributed by atoms with Crippen molar-refractivity contribution in [2.45, 2.75) is 75.2 Å². The van der Waals surface area contributed by atoms with Gasteiger partial charge in [0.2, 0.25) is 11.8 Å². The van der Waals surface area contributed by atoms with Gasteiger partial charge in [0.05, 0.1) is 22.4 Å². The number of hydrogen-bond donors (Lipinski definition) is 4. The standard InChI is InChI=1S/C35H41ClN4O5S2/c1-2-3-15-32-38-34(36)29(24-41)40(32)23-26-17-19-27(20-18-26)28-13-7-8-14-31(28)47(44,45)39-33(42)16-9-10-21-37-35(43)30(46)22-25-11-5-4-6-12-25/h4-8,11-14,17-20,30,41,46H,2-3,9-10,15-16,21-24H2,1H3,(H,37,43)(H,39,42). The first-order valence-corrected chi connectivity index (χ1v) is 18.1. The molecule has 2 amide bonds. The molecule has 12 heteroatoms. The van der Waals surface area contributed by atoms with Crippen LogP contribution in [0.4, 0.5) is 0 Å². The summed E-state index contributed by atoms with van der Waals surface area (Å²) in [6.45, 7) is 2.69. The van der Waals surface area contributed by atoms with Crippen molar-refractivity contribution in [3.05, 3.63) is 107 Å². The number of rotatable bonds is 17. The molecule has 0 aliphatic heterocycles. The molecule has 1 unspecified atom stereocenters. The minimum atomic E-state index is -4.15. The Bertz CT molecular complexity index is 1750. The molecule has 0 radical (unpaired) electrons. The summed E-state index contributed by atoms with van der Waals surface area (Å²) < 4.78 is 30.7. The number of amides is 2. The normalized spacial score (nSPS) is 12.1. The van der Waals surface area contributed by atoms with Crippen LogP contribution in [-0.4, -0.2) is 46.7 Å². The number of aromatic nitrogens is 2. The fourth-order valence-corrected chi connectivity index (χ4v) is 7.01. The summed E-state index contributed by atoms with van der Waals surface area (Å²) in [7, 11) is -4.15. The van der Waals surface area contributed by atoms with Gasteiger partial charge in [-0.1, -0.05) is 97.7 Å². The van der Waals surface area contributed by atoms with Crippen molar-refractivity contribution in [2.75, 3.05) is 6.54 Å². The lowest BCUT2D eigenvalue weighted by Crippen LogP contribution is -2.33. The van der Waals surface area contributed by atoms with Crippen molar-refractivity contribution in [3.8, 4) is 11.1 Å². The molecule has 9 nitrogen and oxygen atoms in total. The number of benzene rings is 3. The van der Waals surface area contributed by atoms with Gasteiger partial charge in [0.25, 0.3) is 10.0 Å². The second kappa shape index (κ2) is 17.5. The molecule has 4 rings (SSSR count). The number of carbonyl (C=O) groups is 2. The number of imidazole rings is 1. The Morgan fingerprint density at radius 1 is 0.957 bits per heavy atom. The number of unbranched alkanes of at least 4 members (excludes halogenated alkanes) is 2. The van der Waals surface area contributed by atoms with Crippen LogP contribution in [0.15, 0.2) is 83.8 Å². The van der Waals surface area contributed by atoms with Gasteiger partial charge in [0.1, 0.15) is 5.82 Å². The van der Waals surface area contributed by atoms with Gasteiger partial charge in [-0.15, -0.1) is 0 Å². The quantitative estimate of drug-likeness (QED) is 0.0826. The predicted octanol–water partition coefficient (Wildman–Crippen LogP) is 5.72. The van der Waals surface area contributed by atoms with Crippen molar-refractivity contribution in [1.82, 2.24) is 19.6 Å². The van der Waals surface area contributed by atoms with Gasteiger partial charge in [0, 0.05) is 31.5 Å². The molecule has 0 fully saturated rings. The Morgan fingerprint density at radius 3 is 2.36 bits per heavy atom. The molecular weight excluding hydrogens is 656 g/mol. The molecule has 1 atom stereocenters. The van der Waals surface area contributed by atoms with Gasteiger partial charge in [0.15, 0.2) is 5.15 Å². The summed E-state index contributed by atoms with van der Waals surface area (Å²) in [4.78, 5) is 29.4. The van der Waals surface area contributed by atoms with Crippen molar-refractivity contribution in [3.63, 3.8) is 0 Å². The summed E-state index contributed by atoms with van der Waals surface area (Å²) in [6.07, 6.45) is 4.11. The molecule has 0 saturated heterocycles. The second-order valence-corrected chi connectivity index (χ2v) is 13.9. The molecule has 0 spiro atoms. The summed E-state index contributed by atoms with van der Waals surface area (Å²) >= 11 is 10.7.